The van der Waals surface area contributed by atoms with Gasteiger partial charge in [-0.05, 0) is 36.8 Å². The lowest BCUT2D eigenvalue weighted by atomic mass is 10.2. The molecule has 1 heterocycles. The van der Waals surface area contributed by atoms with Gasteiger partial charge in [0.1, 0.15) is 12.4 Å². The van der Waals surface area contributed by atoms with Gasteiger partial charge in [0.15, 0.2) is 0 Å². The van der Waals surface area contributed by atoms with Crippen LogP contribution in [0.25, 0.3) is 0 Å². The molecule has 2 N–H and O–H groups in total. The lowest BCUT2D eigenvalue weighted by molar-refractivity contribution is -0.113. The van der Waals surface area contributed by atoms with Crippen molar-refractivity contribution in [1.82, 2.24) is 5.32 Å². The molecule has 0 atom stereocenters. The molecule has 0 saturated heterocycles. The van der Waals surface area contributed by atoms with Gasteiger partial charge in [0, 0.05) is 10.5 Å². The second-order valence-electron chi connectivity index (χ2n) is 5.42. The molecule has 5 nitrogen and oxygen atoms in total. The number of anilines is 1. The standard InChI is InChI=1S/C18H18N2O3S/c1-12-4-2-3-5-15(12)23-9-8-19-18(22)13-6-7-16-14(10-13)20-17(21)11-24-16/h2-7,10H,8-9,11H2,1H3,(H,19,22)(H,20,21). The monoisotopic (exact) mass is 342 g/mol. The van der Waals surface area contributed by atoms with E-state index in [1.165, 1.54) is 11.8 Å². The lowest BCUT2D eigenvalue weighted by Gasteiger charge is -2.17. The van der Waals surface area contributed by atoms with Crippen LogP contribution in [0.2, 0.25) is 0 Å². The summed E-state index contributed by atoms with van der Waals surface area (Å²) in [5.74, 6) is 1.00. The van der Waals surface area contributed by atoms with Crippen LogP contribution in [0.4, 0.5) is 5.69 Å². The molecule has 0 bridgehead atoms. The van der Waals surface area contributed by atoms with Crippen molar-refractivity contribution in [2.45, 2.75) is 11.8 Å². The molecule has 1 aliphatic heterocycles. The number of thioether (sulfide) groups is 1. The van der Waals surface area contributed by atoms with Gasteiger partial charge in [-0.1, -0.05) is 18.2 Å². The Morgan fingerprint density at radius 2 is 2.12 bits per heavy atom. The average Bonchev–Trinajstić information content (AvgIpc) is 2.59. The van der Waals surface area contributed by atoms with Crippen LogP contribution in [-0.2, 0) is 4.79 Å². The third-order valence-corrected chi connectivity index (χ3v) is 4.69. The Morgan fingerprint density at radius 1 is 1.29 bits per heavy atom. The average molecular weight is 342 g/mol. The van der Waals surface area contributed by atoms with Gasteiger partial charge in [-0.3, -0.25) is 9.59 Å². The Hall–Kier alpha value is -2.47. The molecule has 1 aliphatic rings. The van der Waals surface area contributed by atoms with Crippen LogP contribution in [0.1, 0.15) is 15.9 Å². The molecule has 0 fully saturated rings. The zero-order chi connectivity index (χ0) is 16.9. The number of amides is 2. The van der Waals surface area contributed by atoms with E-state index in [0.717, 1.165) is 16.2 Å². The van der Waals surface area contributed by atoms with Gasteiger partial charge in [-0.25, -0.2) is 0 Å². The Kier molecular flexibility index (Phi) is 5.05. The smallest absolute Gasteiger partial charge is 0.251 e. The topological polar surface area (TPSA) is 67.4 Å². The molecular weight excluding hydrogens is 324 g/mol. The molecule has 2 aromatic carbocycles. The molecule has 24 heavy (non-hydrogen) atoms. The molecule has 6 heteroatoms. The molecule has 0 saturated carbocycles. The van der Waals surface area contributed by atoms with Gasteiger partial charge in [-0.15, -0.1) is 11.8 Å². The van der Waals surface area contributed by atoms with Gasteiger partial charge in [0.05, 0.1) is 18.0 Å². The number of carbonyl (C=O) groups excluding carboxylic acids is 2. The van der Waals surface area contributed by atoms with E-state index < -0.39 is 0 Å². The first-order chi connectivity index (χ1) is 11.6. The number of aryl methyl sites for hydroxylation is 1. The largest absolute Gasteiger partial charge is 0.491 e. The van der Waals surface area contributed by atoms with Crippen LogP contribution in [-0.4, -0.2) is 30.7 Å². The van der Waals surface area contributed by atoms with Crippen LogP contribution in [0.5, 0.6) is 5.75 Å². The molecular formula is C18H18N2O3S. The molecule has 3 rings (SSSR count). The Morgan fingerprint density at radius 3 is 2.96 bits per heavy atom. The number of hydrogen-bond acceptors (Lipinski definition) is 4. The number of hydrogen-bond donors (Lipinski definition) is 2. The van der Waals surface area contributed by atoms with E-state index in [1.807, 2.05) is 37.3 Å². The van der Waals surface area contributed by atoms with Gasteiger partial charge in [0.2, 0.25) is 5.91 Å². The molecule has 0 aromatic heterocycles. The first-order valence-electron chi connectivity index (χ1n) is 7.67. The van der Waals surface area contributed by atoms with Crippen LogP contribution >= 0.6 is 11.8 Å². The Labute approximate surface area is 144 Å². The van der Waals surface area contributed by atoms with Crippen LogP contribution in [0, 0.1) is 6.92 Å². The number of para-hydroxylation sites is 1. The van der Waals surface area contributed by atoms with Crippen molar-refractivity contribution in [3.63, 3.8) is 0 Å². The third kappa shape index (κ3) is 3.89. The van der Waals surface area contributed by atoms with Crippen molar-refractivity contribution in [2.75, 3.05) is 24.2 Å². The van der Waals surface area contributed by atoms with E-state index in [2.05, 4.69) is 10.6 Å². The fraction of sp³-hybridized carbons (Fsp3) is 0.222. The number of carbonyl (C=O) groups is 2. The zero-order valence-electron chi connectivity index (χ0n) is 13.3. The summed E-state index contributed by atoms with van der Waals surface area (Å²) in [6.07, 6.45) is 0. The third-order valence-electron chi connectivity index (χ3n) is 3.61. The lowest BCUT2D eigenvalue weighted by Crippen LogP contribution is -2.28. The number of ether oxygens (including phenoxy) is 1. The molecule has 0 radical (unpaired) electrons. The van der Waals surface area contributed by atoms with Crippen molar-refractivity contribution < 1.29 is 14.3 Å². The number of nitrogens with one attached hydrogen (secondary N) is 2. The summed E-state index contributed by atoms with van der Waals surface area (Å²) in [4.78, 5) is 24.6. The minimum absolute atomic E-state index is 0.0447. The van der Waals surface area contributed by atoms with E-state index in [0.29, 0.717) is 30.2 Å². The van der Waals surface area contributed by atoms with Crippen molar-refractivity contribution >= 4 is 29.3 Å². The zero-order valence-corrected chi connectivity index (χ0v) is 14.1. The minimum Gasteiger partial charge on any atom is -0.491 e. The molecule has 124 valence electrons. The highest BCUT2D eigenvalue weighted by Gasteiger charge is 2.17. The predicted octanol–water partition coefficient (Wildman–Crippen LogP) is 2.85. The highest BCUT2D eigenvalue weighted by Crippen LogP contribution is 2.31. The maximum absolute atomic E-state index is 12.2. The summed E-state index contributed by atoms with van der Waals surface area (Å²) in [6, 6.07) is 13.1. The molecule has 0 unspecified atom stereocenters. The number of fused-ring (bicyclic) bond motifs is 1. The van der Waals surface area contributed by atoms with E-state index in [-0.39, 0.29) is 11.8 Å². The van der Waals surface area contributed by atoms with Gasteiger partial charge < -0.3 is 15.4 Å². The van der Waals surface area contributed by atoms with Crippen LogP contribution in [0.15, 0.2) is 47.4 Å². The highest BCUT2D eigenvalue weighted by atomic mass is 32.2. The predicted molar refractivity (Wildman–Crippen MR) is 94.8 cm³/mol. The quantitative estimate of drug-likeness (QED) is 0.820. The Bertz CT molecular complexity index is 777. The van der Waals surface area contributed by atoms with Gasteiger partial charge >= 0.3 is 0 Å². The van der Waals surface area contributed by atoms with Crippen molar-refractivity contribution in [2.24, 2.45) is 0 Å². The van der Waals surface area contributed by atoms with E-state index in [9.17, 15) is 9.59 Å². The maximum atomic E-state index is 12.2. The summed E-state index contributed by atoms with van der Waals surface area (Å²) in [5.41, 5.74) is 2.28. The van der Waals surface area contributed by atoms with Crippen molar-refractivity contribution in [3.05, 3.63) is 53.6 Å². The van der Waals surface area contributed by atoms with Crippen molar-refractivity contribution in [3.8, 4) is 5.75 Å². The number of rotatable bonds is 5. The fourth-order valence-electron chi connectivity index (χ4n) is 2.37. The van der Waals surface area contributed by atoms with Gasteiger partial charge in [-0.2, -0.15) is 0 Å². The molecule has 0 spiro atoms. The first kappa shape index (κ1) is 16.4. The summed E-state index contributed by atoms with van der Waals surface area (Å²) in [7, 11) is 0. The summed E-state index contributed by atoms with van der Waals surface area (Å²) in [6.45, 7) is 2.78. The van der Waals surface area contributed by atoms with Gasteiger partial charge in [0.25, 0.3) is 5.91 Å². The Balaban J connectivity index is 1.53. The van der Waals surface area contributed by atoms with Crippen LogP contribution < -0.4 is 15.4 Å². The maximum Gasteiger partial charge on any atom is 0.251 e. The SMILES string of the molecule is Cc1ccccc1OCCNC(=O)c1ccc2c(c1)NC(=O)CS2. The van der Waals surface area contributed by atoms with E-state index in [1.54, 1.807) is 12.1 Å². The van der Waals surface area contributed by atoms with E-state index >= 15 is 0 Å². The second kappa shape index (κ2) is 7.40. The van der Waals surface area contributed by atoms with E-state index in [4.69, 9.17) is 4.74 Å². The molecule has 2 aromatic rings. The van der Waals surface area contributed by atoms with Crippen molar-refractivity contribution in [1.29, 1.82) is 0 Å². The minimum atomic E-state index is -0.184. The first-order valence-corrected chi connectivity index (χ1v) is 8.65. The van der Waals surface area contributed by atoms with Crippen LogP contribution in [0.3, 0.4) is 0 Å². The summed E-state index contributed by atoms with van der Waals surface area (Å²) in [5, 5.41) is 5.61. The highest BCUT2D eigenvalue weighted by molar-refractivity contribution is 8.00. The number of benzene rings is 2. The second-order valence-corrected chi connectivity index (χ2v) is 6.43. The molecule has 2 amide bonds. The summed E-state index contributed by atoms with van der Waals surface area (Å²) >= 11 is 1.47. The fourth-order valence-corrected chi connectivity index (χ4v) is 3.16. The molecule has 0 aliphatic carbocycles. The summed E-state index contributed by atoms with van der Waals surface area (Å²) < 4.78 is 5.65. The normalized spacial score (nSPS) is 13.0.